The zero-order valence-corrected chi connectivity index (χ0v) is 9.06. The van der Waals surface area contributed by atoms with Gasteiger partial charge in [-0.3, -0.25) is 0 Å². The molecule has 0 aliphatic carbocycles. The summed E-state index contributed by atoms with van der Waals surface area (Å²) in [5.41, 5.74) is 0. The molecule has 0 atom stereocenters. The van der Waals surface area contributed by atoms with E-state index in [0.717, 1.165) is 13.1 Å². The average Bonchev–Trinajstić information content (AvgIpc) is 2.03. The molecule has 0 aromatic rings. The zero-order valence-electron chi connectivity index (χ0n) is 8.24. The van der Waals surface area contributed by atoms with Gasteiger partial charge in [0.15, 0.2) is 5.11 Å². The Morgan fingerprint density at radius 3 is 2.17 bits per heavy atom. The van der Waals surface area contributed by atoms with Crippen LogP contribution in [0, 0.1) is 0 Å². The largest absolute Gasteiger partial charge is 0.369 e. The average molecular weight is 187 g/mol. The van der Waals surface area contributed by atoms with E-state index in [2.05, 4.69) is 18.8 Å². The topological polar surface area (TPSA) is 18.8 Å². The van der Waals surface area contributed by atoms with Crippen molar-refractivity contribution in [3.8, 4) is 0 Å². The first kappa shape index (κ1) is 11.4. The van der Waals surface area contributed by atoms with Crippen LogP contribution in [0.25, 0.3) is 0 Å². The normalized spacial score (nSPS) is 10.3. The van der Waals surface area contributed by atoms with Crippen LogP contribution in [0.4, 0.5) is 0 Å². The number of hydrogen-bond acceptors (Lipinski definition) is 1. The minimum Gasteiger partial charge on any atom is -0.369 e. The van der Waals surface area contributed by atoms with E-state index in [-0.39, 0.29) is 0 Å². The Kier molecular flexibility index (Phi) is 5.62. The molecule has 0 amide bonds. The van der Waals surface area contributed by atoms with Crippen LogP contribution in [0.1, 0.15) is 13.8 Å². The monoisotopic (exact) mass is 187 g/mol. The summed E-state index contributed by atoms with van der Waals surface area (Å²) in [6.07, 6.45) is 1.72. The van der Waals surface area contributed by atoms with E-state index < -0.39 is 0 Å². The van der Waals surface area contributed by atoms with Gasteiger partial charge in [0, 0.05) is 27.2 Å². The quantitative estimate of drug-likeness (QED) is 0.376. The molecule has 0 fully saturated rings. The van der Waals surface area contributed by atoms with Crippen molar-refractivity contribution in [2.45, 2.75) is 13.8 Å². The van der Waals surface area contributed by atoms with Gasteiger partial charge in [-0.05, 0) is 26.1 Å². The molecule has 0 aromatic carbocycles. The van der Waals surface area contributed by atoms with Gasteiger partial charge in [-0.1, -0.05) is 0 Å². The van der Waals surface area contributed by atoms with Crippen molar-refractivity contribution in [2.75, 3.05) is 27.2 Å². The Balaban J connectivity index is 4.01. The summed E-state index contributed by atoms with van der Waals surface area (Å²) in [6, 6.07) is 0. The van der Waals surface area contributed by atoms with E-state index in [9.17, 15) is 0 Å². The van der Waals surface area contributed by atoms with Gasteiger partial charge in [-0.25, -0.2) is 4.99 Å². The fraction of sp³-hybridized carbons (Fsp3) is 0.750. The van der Waals surface area contributed by atoms with E-state index in [1.165, 1.54) is 0 Å². The number of thiocarbonyl (C=S) groups is 1. The molecule has 0 radical (unpaired) electrons. The molecule has 0 heterocycles. The van der Waals surface area contributed by atoms with Gasteiger partial charge in [0.2, 0.25) is 0 Å². The smallest absolute Gasteiger partial charge is 0.196 e. The molecular formula is C8H17N3S. The van der Waals surface area contributed by atoms with E-state index in [4.69, 9.17) is 12.2 Å². The third-order valence-electron chi connectivity index (χ3n) is 1.43. The molecular weight excluding hydrogens is 170 g/mol. The summed E-state index contributed by atoms with van der Waals surface area (Å²) >= 11 is 5.09. The van der Waals surface area contributed by atoms with E-state index >= 15 is 0 Å². The van der Waals surface area contributed by atoms with Crippen LogP contribution in [0.2, 0.25) is 0 Å². The SMILES string of the molecule is CCN(CC)C(=S)/N=C/N(C)C. The molecule has 70 valence electrons. The predicted molar refractivity (Wildman–Crippen MR) is 57.7 cm³/mol. The van der Waals surface area contributed by atoms with Gasteiger partial charge in [-0.2, -0.15) is 0 Å². The fourth-order valence-corrected chi connectivity index (χ4v) is 1.05. The van der Waals surface area contributed by atoms with Gasteiger partial charge >= 0.3 is 0 Å². The van der Waals surface area contributed by atoms with Crippen LogP contribution in [0.5, 0.6) is 0 Å². The van der Waals surface area contributed by atoms with Gasteiger partial charge in [0.05, 0.1) is 6.34 Å². The van der Waals surface area contributed by atoms with Gasteiger partial charge in [0.25, 0.3) is 0 Å². The minimum atomic E-state index is 0.661. The Labute approximate surface area is 80.1 Å². The maximum Gasteiger partial charge on any atom is 0.196 e. The van der Waals surface area contributed by atoms with Crippen molar-refractivity contribution in [3.05, 3.63) is 0 Å². The van der Waals surface area contributed by atoms with Crippen molar-refractivity contribution >= 4 is 23.7 Å². The van der Waals surface area contributed by atoms with E-state index in [1.807, 2.05) is 23.9 Å². The zero-order chi connectivity index (χ0) is 9.56. The lowest BCUT2D eigenvalue weighted by Gasteiger charge is -2.18. The first-order valence-corrected chi connectivity index (χ1v) is 4.52. The highest BCUT2D eigenvalue weighted by atomic mass is 32.1. The van der Waals surface area contributed by atoms with E-state index in [0.29, 0.717) is 5.11 Å². The molecule has 0 bridgehead atoms. The third-order valence-corrected chi connectivity index (χ3v) is 1.80. The van der Waals surface area contributed by atoms with Crippen LogP contribution >= 0.6 is 12.2 Å². The molecule has 0 rings (SSSR count). The summed E-state index contributed by atoms with van der Waals surface area (Å²) in [4.78, 5) is 8.03. The summed E-state index contributed by atoms with van der Waals surface area (Å²) in [5.74, 6) is 0. The van der Waals surface area contributed by atoms with Crippen molar-refractivity contribution in [1.82, 2.24) is 9.80 Å². The number of rotatable bonds is 3. The number of nitrogens with zero attached hydrogens (tertiary/aromatic N) is 3. The Morgan fingerprint density at radius 2 is 1.83 bits per heavy atom. The molecule has 0 aromatic heterocycles. The fourth-order valence-electron chi connectivity index (χ4n) is 0.741. The van der Waals surface area contributed by atoms with Crippen molar-refractivity contribution in [1.29, 1.82) is 0 Å². The summed E-state index contributed by atoms with van der Waals surface area (Å²) in [6.45, 7) is 5.97. The van der Waals surface area contributed by atoms with Crippen LogP contribution in [0.3, 0.4) is 0 Å². The van der Waals surface area contributed by atoms with Crippen molar-refractivity contribution in [2.24, 2.45) is 4.99 Å². The number of aliphatic imine (C=N–C) groups is 1. The predicted octanol–water partition coefficient (Wildman–Crippen LogP) is 1.20. The Bertz CT molecular complexity index is 162. The molecule has 0 saturated carbocycles. The summed E-state index contributed by atoms with van der Waals surface area (Å²) in [7, 11) is 3.85. The van der Waals surface area contributed by atoms with Crippen molar-refractivity contribution in [3.63, 3.8) is 0 Å². The standard InChI is InChI=1S/C8H17N3S/c1-5-11(6-2)8(12)9-7-10(3)4/h7H,5-6H2,1-4H3/b9-7+. The molecule has 4 heteroatoms. The highest BCUT2D eigenvalue weighted by Crippen LogP contribution is 1.92. The Hall–Kier alpha value is -0.640. The van der Waals surface area contributed by atoms with Crippen molar-refractivity contribution < 1.29 is 0 Å². The summed E-state index contributed by atoms with van der Waals surface area (Å²) < 4.78 is 0. The lowest BCUT2D eigenvalue weighted by Crippen LogP contribution is -2.28. The van der Waals surface area contributed by atoms with Gasteiger partial charge in [0.1, 0.15) is 0 Å². The second-order valence-electron chi connectivity index (χ2n) is 2.66. The maximum absolute atomic E-state index is 5.09. The lowest BCUT2D eigenvalue weighted by molar-refractivity contribution is 0.469. The van der Waals surface area contributed by atoms with Gasteiger partial charge in [-0.15, -0.1) is 0 Å². The molecule has 0 aliphatic heterocycles. The lowest BCUT2D eigenvalue weighted by atomic mass is 10.5. The molecule has 0 N–H and O–H groups in total. The van der Waals surface area contributed by atoms with Crippen LogP contribution < -0.4 is 0 Å². The number of hydrogen-bond donors (Lipinski definition) is 0. The molecule has 0 saturated heterocycles. The molecule has 3 nitrogen and oxygen atoms in total. The van der Waals surface area contributed by atoms with E-state index in [1.54, 1.807) is 6.34 Å². The first-order valence-electron chi connectivity index (χ1n) is 4.11. The van der Waals surface area contributed by atoms with Crippen LogP contribution in [-0.4, -0.2) is 48.4 Å². The van der Waals surface area contributed by atoms with Gasteiger partial charge < -0.3 is 9.80 Å². The summed E-state index contributed by atoms with van der Waals surface area (Å²) in [5, 5.41) is 0.661. The molecule has 0 spiro atoms. The maximum atomic E-state index is 5.09. The highest BCUT2D eigenvalue weighted by Gasteiger charge is 2.00. The second kappa shape index (κ2) is 5.94. The highest BCUT2D eigenvalue weighted by molar-refractivity contribution is 7.80. The Morgan fingerprint density at radius 1 is 1.33 bits per heavy atom. The second-order valence-corrected chi connectivity index (χ2v) is 3.03. The molecule has 0 aliphatic rings. The molecule has 0 unspecified atom stereocenters. The minimum absolute atomic E-state index is 0.661. The molecule has 12 heavy (non-hydrogen) atoms. The van der Waals surface area contributed by atoms with Crippen LogP contribution in [0.15, 0.2) is 4.99 Å². The first-order chi connectivity index (χ1) is 5.61. The van der Waals surface area contributed by atoms with Crippen LogP contribution in [-0.2, 0) is 0 Å². The third kappa shape index (κ3) is 4.28.